The van der Waals surface area contributed by atoms with E-state index in [1.54, 1.807) is 37.3 Å². The Morgan fingerprint density at radius 3 is 2.52 bits per heavy atom. The van der Waals surface area contributed by atoms with Gasteiger partial charge in [-0.3, -0.25) is 19.7 Å². The summed E-state index contributed by atoms with van der Waals surface area (Å²) in [4.78, 5) is 33.4. The van der Waals surface area contributed by atoms with E-state index in [-0.39, 0.29) is 18.1 Å². The number of rotatable bonds is 7. The molecule has 0 saturated carbocycles. The molecule has 0 saturated heterocycles. The van der Waals surface area contributed by atoms with Gasteiger partial charge < -0.3 is 4.74 Å². The number of nitrogens with zero attached hydrogens (tertiary/aromatic N) is 1. The minimum Gasteiger partial charge on any atom is -0.467 e. The maximum absolute atomic E-state index is 12.5. The molecule has 1 atom stereocenters. The lowest BCUT2D eigenvalue weighted by Gasteiger charge is -2.12. The maximum atomic E-state index is 12.5. The predicted octanol–water partition coefficient (Wildman–Crippen LogP) is 3.10. The number of nitro benzene ring substituents is 1. The third-order valence-electron chi connectivity index (χ3n) is 3.47. The van der Waals surface area contributed by atoms with Crippen LogP contribution in [0.4, 0.5) is 5.69 Å². The predicted molar refractivity (Wildman–Crippen MR) is 83.4 cm³/mol. The van der Waals surface area contributed by atoms with E-state index in [2.05, 4.69) is 4.74 Å². The van der Waals surface area contributed by atoms with Crippen molar-refractivity contribution < 1.29 is 19.2 Å². The Labute approximate surface area is 132 Å². The van der Waals surface area contributed by atoms with E-state index in [1.807, 2.05) is 0 Å². The SMILES string of the molecule is CC(COC=O)c1cc(C(=O)c2ccccc2)ccc1[N+](=O)[O-]. The van der Waals surface area contributed by atoms with Crippen LogP contribution < -0.4 is 0 Å². The zero-order valence-corrected chi connectivity index (χ0v) is 12.5. The molecule has 0 heterocycles. The van der Waals surface area contributed by atoms with Crippen LogP contribution >= 0.6 is 0 Å². The molecule has 0 radical (unpaired) electrons. The molecule has 1 unspecified atom stereocenters. The molecule has 0 aliphatic rings. The molecule has 2 rings (SSSR count). The number of carbonyl (C=O) groups excluding carboxylic acids is 2. The van der Waals surface area contributed by atoms with E-state index >= 15 is 0 Å². The molecule has 118 valence electrons. The summed E-state index contributed by atoms with van der Waals surface area (Å²) in [6, 6.07) is 12.9. The highest BCUT2D eigenvalue weighted by molar-refractivity contribution is 6.09. The first-order valence-electron chi connectivity index (χ1n) is 6.98. The Morgan fingerprint density at radius 2 is 1.91 bits per heavy atom. The summed E-state index contributed by atoms with van der Waals surface area (Å²) in [5, 5.41) is 11.2. The van der Waals surface area contributed by atoms with Crippen molar-refractivity contribution in [3.05, 3.63) is 75.3 Å². The number of nitro groups is 1. The average Bonchev–Trinajstić information content (AvgIpc) is 2.59. The largest absolute Gasteiger partial charge is 0.467 e. The number of ether oxygens (including phenoxy) is 1. The third kappa shape index (κ3) is 3.79. The van der Waals surface area contributed by atoms with Crippen molar-refractivity contribution in [2.24, 2.45) is 0 Å². The molecule has 0 aliphatic carbocycles. The van der Waals surface area contributed by atoms with Gasteiger partial charge in [-0.2, -0.15) is 0 Å². The van der Waals surface area contributed by atoms with E-state index in [9.17, 15) is 19.7 Å². The van der Waals surface area contributed by atoms with Crippen LogP contribution in [0.25, 0.3) is 0 Å². The molecule has 0 fully saturated rings. The second-order valence-electron chi connectivity index (χ2n) is 5.06. The Hall–Kier alpha value is -3.02. The molecule has 23 heavy (non-hydrogen) atoms. The molecule has 0 bridgehead atoms. The van der Waals surface area contributed by atoms with Crippen molar-refractivity contribution in [2.45, 2.75) is 12.8 Å². The van der Waals surface area contributed by atoms with Crippen molar-refractivity contribution in [2.75, 3.05) is 6.61 Å². The molecule has 0 N–H and O–H groups in total. The number of ketones is 1. The van der Waals surface area contributed by atoms with Crippen molar-refractivity contribution in [3.8, 4) is 0 Å². The molecular weight excluding hydrogens is 298 g/mol. The monoisotopic (exact) mass is 313 g/mol. The average molecular weight is 313 g/mol. The summed E-state index contributed by atoms with van der Waals surface area (Å²) < 4.78 is 4.68. The van der Waals surface area contributed by atoms with Crippen molar-refractivity contribution >= 4 is 17.9 Å². The van der Waals surface area contributed by atoms with Crippen LogP contribution in [0.5, 0.6) is 0 Å². The fourth-order valence-corrected chi connectivity index (χ4v) is 2.29. The normalized spacial score (nSPS) is 11.5. The van der Waals surface area contributed by atoms with Gasteiger partial charge in [-0.05, 0) is 12.1 Å². The van der Waals surface area contributed by atoms with E-state index < -0.39 is 10.8 Å². The minimum absolute atomic E-state index is 0.00726. The van der Waals surface area contributed by atoms with Crippen LogP contribution in [0.2, 0.25) is 0 Å². The highest BCUT2D eigenvalue weighted by atomic mass is 16.6. The zero-order valence-electron chi connectivity index (χ0n) is 12.5. The van der Waals surface area contributed by atoms with Crippen LogP contribution in [-0.4, -0.2) is 23.8 Å². The van der Waals surface area contributed by atoms with Crippen molar-refractivity contribution in [3.63, 3.8) is 0 Å². The molecule has 2 aromatic carbocycles. The van der Waals surface area contributed by atoms with Crippen molar-refractivity contribution in [1.29, 1.82) is 0 Å². The van der Waals surface area contributed by atoms with Gasteiger partial charge in [0.2, 0.25) is 0 Å². The van der Waals surface area contributed by atoms with Crippen LogP contribution in [-0.2, 0) is 9.53 Å². The molecule has 2 aromatic rings. The Balaban J connectivity index is 2.41. The van der Waals surface area contributed by atoms with E-state index in [0.29, 0.717) is 23.2 Å². The first kappa shape index (κ1) is 16.4. The van der Waals surface area contributed by atoms with Gasteiger partial charge in [0.15, 0.2) is 5.78 Å². The second kappa shape index (κ2) is 7.31. The van der Waals surface area contributed by atoms with Crippen LogP contribution in [0.15, 0.2) is 48.5 Å². The fourth-order valence-electron chi connectivity index (χ4n) is 2.29. The smallest absolute Gasteiger partial charge is 0.293 e. The maximum Gasteiger partial charge on any atom is 0.293 e. The van der Waals surface area contributed by atoms with Gasteiger partial charge in [-0.15, -0.1) is 0 Å². The van der Waals surface area contributed by atoms with E-state index in [0.717, 1.165) is 0 Å². The number of benzene rings is 2. The lowest BCUT2D eigenvalue weighted by atomic mass is 9.94. The van der Waals surface area contributed by atoms with E-state index in [1.165, 1.54) is 18.2 Å². The quantitative estimate of drug-likeness (QED) is 0.339. The molecule has 0 aromatic heterocycles. The molecule has 0 amide bonds. The third-order valence-corrected chi connectivity index (χ3v) is 3.47. The molecule has 0 aliphatic heterocycles. The van der Waals surface area contributed by atoms with Gasteiger partial charge in [-0.1, -0.05) is 37.3 Å². The molecular formula is C17H15NO5. The van der Waals surface area contributed by atoms with Crippen molar-refractivity contribution in [1.82, 2.24) is 0 Å². The van der Waals surface area contributed by atoms with Gasteiger partial charge in [0.25, 0.3) is 12.2 Å². The fraction of sp³-hybridized carbons (Fsp3) is 0.176. The number of hydrogen-bond acceptors (Lipinski definition) is 5. The minimum atomic E-state index is -0.510. The van der Waals surface area contributed by atoms with Gasteiger partial charge in [0.05, 0.1) is 11.5 Å². The van der Waals surface area contributed by atoms with Crippen LogP contribution in [0.1, 0.15) is 34.3 Å². The van der Waals surface area contributed by atoms with E-state index in [4.69, 9.17) is 0 Å². The number of hydrogen-bond donors (Lipinski definition) is 0. The molecule has 6 heteroatoms. The second-order valence-corrected chi connectivity index (χ2v) is 5.06. The topological polar surface area (TPSA) is 86.5 Å². The summed E-state index contributed by atoms with van der Waals surface area (Å²) in [5.41, 5.74) is 1.12. The van der Waals surface area contributed by atoms with Gasteiger partial charge in [0.1, 0.15) is 0 Å². The van der Waals surface area contributed by atoms with Gasteiger partial charge >= 0.3 is 0 Å². The van der Waals surface area contributed by atoms with Gasteiger partial charge in [-0.25, -0.2) is 0 Å². The molecule has 6 nitrogen and oxygen atoms in total. The summed E-state index contributed by atoms with van der Waals surface area (Å²) in [6.45, 7) is 2.00. The molecule has 0 spiro atoms. The number of carbonyl (C=O) groups is 2. The van der Waals surface area contributed by atoms with Crippen LogP contribution in [0.3, 0.4) is 0 Å². The summed E-state index contributed by atoms with van der Waals surface area (Å²) >= 11 is 0. The standard InChI is InChI=1S/C17H15NO5/c1-12(10-23-11-19)15-9-14(7-8-16(15)18(21)22)17(20)13-5-3-2-4-6-13/h2-9,11-12H,10H2,1H3. The Kier molecular flexibility index (Phi) is 5.19. The summed E-state index contributed by atoms with van der Waals surface area (Å²) in [5.74, 6) is -0.616. The Morgan fingerprint density at radius 1 is 1.22 bits per heavy atom. The first-order chi connectivity index (χ1) is 11.0. The highest BCUT2D eigenvalue weighted by Crippen LogP contribution is 2.28. The van der Waals surface area contributed by atoms with Crippen LogP contribution in [0, 0.1) is 10.1 Å². The summed E-state index contributed by atoms with van der Waals surface area (Å²) in [6.07, 6.45) is 0. The highest BCUT2D eigenvalue weighted by Gasteiger charge is 2.22. The Bertz CT molecular complexity index is 727. The zero-order chi connectivity index (χ0) is 16.8. The summed E-state index contributed by atoms with van der Waals surface area (Å²) in [7, 11) is 0. The first-order valence-corrected chi connectivity index (χ1v) is 6.98. The lowest BCUT2D eigenvalue weighted by Crippen LogP contribution is -2.09. The van der Waals surface area contributed by atoms with Gasteiger partial charge in [0, 0.05) is 28.7 Å². The lowest BCUT2D eigenvalue weighted by molar-refractivity contribution is -0.385.